The van der Waals surface area contributed by atoms with Crippen molar-refractivity contribution in [2.45, 2.75) is 128 Å². The molecule has 0 bridgehead atoms. The molecule has 0 radical (unpaired) electrons. The van der Waals surface area contributed by atoms with E-state index in [1.807, 2.05) is 0 Å². The Morgan fingerprint density at radius 3 is 1.88 bits per heavy atom. The second-order valence-corrected chi connectivity index (χ2v) is 11.3. The molecule has 4 aliphatic heterocycles. The zero-order chi connectivity index (χ0) is 30.3. The molecule has 6 unspecified atom stereocenters. The van der Waals surface area contributed by atoms with Crippen LogP contribution >= 0.6 is 0 Å². The molecular formula is C26H39NO14. The normalized spacial score (nSPS) is 38.7. The molecule has 4 heterocycles. The quantitative estimate of drug-likeness (QED) is 0.297. The van der Waals surface area contributed by atoms with Gasteiger partial charge in [-0.05, 0) is 27.7 Å². The maximum absolute atomic E-state index is 12.2. The standard InChI is InChI=1S/C26H39NO14/c1-11(28)27-17-20(35-14(4)31)18(34-13(3)30)15(9-32-12(2)29)36-23(17)33-10-16-19-21(39-25(5,6)38-19)22-24(37-16)41-26(7,8)40-22/h15-24H,9-10H2,1-8H3,(H,27,28)/t15?,16?,17?,18-,19+,20?,21?,22?,23-,24-/m1/s1. The van der Waals surface area contributed by atoms with E-state index in [2.05, 4.69) is 5.32 Å². The third-order valence-electron chi connectivity index (χ3n) is 6.75. The second kappa shape index (κ2) is 12.1. The molecule has 0 saturated carbocycles. The predicted molar refractivity (Wildman–Crippen MR) is 132 cm³/mol. The van der Waals surface area contributed by atoms with Gasteiger partial charge in [0.2, 0.25) is 5.91 Å². The van der Waals surface area contributed by atoms with E-state index in [1.165, 1.54) is 20.8 Å². The maximum atomic E-state index is 12.2. The first-order valence-corrected chi connectivity index (χ1v) is 13.4. The zero-order valence-corrected chi connectivity index (χ0v) is 24.4. The highest BCUT2D eigenvalue weighted by molar-refractivity contribution is 5.73. The van der Waals surface area contributed by atoms with E-state index in [1.54, 1.807) is 27.7 Å². The number of rotatable bonds is 8. The minimum atomic E-state index is -1.26. The lowest BCUT2D eigenvalue weighted by Gasteiger charge is -2.45. The zero-order valence-electron chi connectivity index (χ0n) is 24.4. The first kappa shape index (κ1) is 31.5. The first-order valence-electron chi connectivity index (χ1n) is 13.4. The average molecular weight is 590 g/mol. The van der Waals surface area contributed by atoms with Crippen LogP contribution in [0, 0.1) is 0 Å². The highest BCUT2D eigenvalue weighted by Gasteiger charge is 2.61. The number of amides is 1. The van der Waals surface area contributed by atoms with E-state index in [4.69, 9.17) is 47.4 Å². The van der Waals surface area contributed by atoms with Gasteiger partial charge in [-0.3, -0.25) is 19.2 Å². The Morgan fingerprint density at radius 1 is 0.683 bits per heavy atom. The molecule has 1 N–H and O–H groups in total. The smallest absolute Gasteiger partial charge is 0.303 e. The molecule has 0 aromatic heterocycles. The fourth-order valence-corrected chi connectivity index (χ4v) is 5.45. The number of nitrogens with one attached hydrogen (secondary N) is 1. The Morgan fingerprint density at radius 2 is 1.27 bits per heavy atom. The van der Waals surface area contributed by atoms with E-state index in [9.17, 15) is 19.2 Å². The number of carbonyl (C=O) groups excluding carboxylic acids is 4. The molecule has 4 fully saturated rings. The van der Waals surface area contributed by atoms with Gasteiger partial charge in [0.1, 0.15) is 43.2 Å². The van der Waals surface area contributed by atoms with Crippen molar-refractivity contribution in [2.75, 3.05) is 13.2 Å². The molecule has 4 saturated heterocycles. The predicted octanol–water partition coefficient (Wildman–Crippen LogP) is 0.0556. The van der Waals surface area contributed by atoms with Crippen LogP contribution in [0.15, 0.2) is 0 Å². The Bertz CT molecular complexity index is 1020. The summed E-state index contributed by atoms with van der Waals surface area (Å²) in [4.78, 5) is 47.8. The summed E-state index contributed by atoms with van der Waals surface area (Å²) in [5, 5.41) is 2.66. The monoisotopic (exact) mass is 589 g/mol. The van der Waals surface area contributed by atoms with E-state index in [-0.39, 0.29) is 13.2 Å². The van der Waals surface area contributed by atoms with E-state index >= 15 is 0 Å². The molecular weight excluding hydrogens is 550 g/mol. The van der Waals surface area contributed by atoms with Gasteiger partial charge >= 0.3 is 17.9 Å². The molecule has 0 aliphatic carbocycles. The minimum Gasteiger partial charge on any atom is -0.463 e. The number of hydrogen-bond acceptors (Lipinski definition) is 14. The van der Waals surface area contributed by atoms with Crippen molar-refractivity contribution in [2.24, 2.45) is 0 Å². The van der Waals surface area contributed by atoms with Crippen molar-refractivity contribution in [3.8, 4) is 0 Å². The lowest BCUT2D eigenvalue weighted by molar-refractivity contribution is -0.296. The van der Waals surface area contributed by atoms with Crippen molar-refractivity contribution in [1.82, 2.24) is 5.32 Å². The SMILES string of the molecule is CC(=O)NC1C(OC(C)=O)[C@H](OC(C)=O)C(COC(C)=O)O[C@H]1OCC1O[C@@H]2OC(C)(C)OC2C2OC(C)(C)O[C@@H]12. The summed E-state index contributed by atoms with van der Waals surface area (Å²) in [6.45, 7) is 11.4. The fourth-order valence-electron chi connectivity index (χ4n) is 5.45. The van der Waals surface area contributed by atoms with Gasteiger partial charge in [0.05, 0.1) is 6.61 Å². The molecule has 1 amide bonds. The lowest BCUT2D eigenvalue weighted by Crippen LogP contribution is -2.67. The van der Waals surface area contributed by atoms with Crippen molar-refractivity contribution in [1.29, 1.82) is 0 Å². The molecule has 10 atom stereocenters. The molecule has 0 aromatic carbocycles. The van der Waals surface area contributed by atoms with Crippen LogP contribution in [0.5, 0.6) is 0 Å². The summed E-state index contributed by atoms with van der Waals surface area (Å²) in [7, 11) is 0. The van der Waals surface area contributed by atoms with Crippen LogP contribution in [0.3, 0.4) is 0 Å². The Hall–Kier alpha value is -2.40. The molecule has 15 heteroatoms. The summed E-state index contributed by atoms with van der Waals surface area (Å²) < 4.78 is 58.7. The van der Waals surface area contributed by atoms with Crippen molar-refractivity contribution in [3.63, 3.8) is 0 Å². The van der Waals surface area contributed by atoms with E-state index in [0.717, 1.165) is 6.92 Å². The summed E-state index contributed by atoms with van der Waals surface area (Å²) in [6.07, 6.45) is -8.03. The van der Waals surface area contributed by atoms with Crippen LogP contribution in [0.1, 0.15) is 55.4 Å². The second-order valence-electron chi connectivity index (χ2n) is 11.3. The van der Waals surface area contributed by atoms with Gasteiger partial charge in [0.15, 0.2) is 36.4 Å². The van der Waals surface area contributed by atoms with Crippen LogP contribution < -0.4 is 5.32 Å². The highest BCUT2D eigenvalue weighted by atomic mass is 16.9. The van der Waals surface area contributed by atoms with E-state index in [0.29, 0.717) is 0 Å². The third-order valence-corrected chi connectivity index (χ3v) is 6.75. The Labute approximate surface area is 237 Å². The van der Waals surface area contributed by atoms with Crippen LogP contribution in [-0.2, 0) is 66.5 Å². The number of carbonyl (C=O) groups is 4. The number of esters is 3. The Balaban J connectivity index is 1.59. The summed E-state index contributed by atoms with van der Waals surface area (Å²) in [6, 6.07) is -1.12. The average Bonchev–Trinajstić information content (AvgIpc) is 3.32. The topological polar surface area (TPSA) is 173 Å². The highest BCUT2D eigenvalue weighted by Crippen LogP contribution is 2.44. The van der Waals surface area contributed by atoms with Gasteiger partial charge in [-0.25, -0.2) is 0 Å². The van der Waals surface area contributed by atoms with Crippen LogP contribution in [0.4, 0.5) is 0 Å². The van der Waals surface area contributed by atoms with Gasteiger partial charge in [0, 0.05) is 27.7 Å². The van der Waals surface area contributed by atoms with Gasteiger partial charge < -0.3 is 52.7 Å². The van der Waals surface area contributed by atoms with Crippen LogP contribution in [0.2, 0.25) is 0 Å². The molecule has 41 heavy (non-hydrogen) atoms. The largest absolute Gasteiger partial charge is 0.463 e. The molecule has 4 aliphatic rings. The molecule has 232 valence electrons. The molecule has 4 rings (SSSR count). The third kappa shape index (κ3) is 7.52. The van der Waals surface area contributed by atoms with Gasteiger partial charge in [-0.15, -0.1) is 0 Å². The van der Waals surface area contributed by atoms with Crippen LogP contribution in [0.25, 0.3) is 0 Å². The summed E-state index contributed by atoms with van der Waals surface area (Å²) in [5.41, 5.74) is 0. The first-order chi connectivity index (χ1) is 19.0. The summed E-state index contributed by atoms with van der Waals surface area (Å²) >= 11 is 0. The van der Waals surface area contributed by atoms with Gasteiger partial charge in [-0.2, -0.15) is 0 Å². The molecule has 15 nitrogen and oxygen atoms in total. The fraction of sp³-hybridized carbons (Fsp3) is 0.846. The molecule has 0 spiro atoms. The van der Waals surface area contributed by atoms with Gasteiger partial charge in [0.25, 0.3) is 0 Å². The van der Waals surface area contributed by atoms with Crippen molar-refractivity contribution < 1.29 is 66.5 Å². The van der Waals surface area contributed by atoms with Gasteiger partial charge in [-0.1, -0.05) is 0 Å². The number of fused-ring (bicyclic) bond motifs is 3. The number of ether oxygens (including phenoxy) is 10. The Kier molecular flexibility index (Phi) is 9.28. The minimum absolute atomic E-state index is 0.139. The number of hydrogen-bond donors (Lipinski definition) is 1. The maximum Gasteiger partial charge on any atom is 0.303 e. The van der Waals surface area contributed by atoms with Crippen molar-refractivity contribution in [3.05, 3.63) is 0 Å². The molecule has 0 aromatic rings. The van der Waals surface area contributed by atoms with Crippen molar-refractivity contribution >= 4 is 23.8 Å². The van der Waals surface area contributed by atoms with Crippen LogP contribution in [-0.4, -0.2) is 110 Å². The lowest BCUT2D eigenvalue weighted by atomic mass is 9.95. The summed E-state index contributed by atoms with van der Waals surface area (Å²) in [5.74, 6) is -4.37. The van der Waals surface area contributed by atoms with E-state index < -0.39 is 96.7 Å².